The predicted octanol–water partition coefficient (Wildman–Crippen LogP) is 5.41. The molecule has 0 amide bonds. The van der Waals surface area contributed by atoms with Crippen molar-refractivity contribution in [2.45, 2.75) is 26.5 Å². The van der Waals surface area contributed by atoms with Crippen molar-refractivity contribution in [2.75, 3.05) is 5.43 Å². The van der Waals surface area contributed by atoms with Gasteiger partial charge >= 0.3 is 0 Å². The number of hydrogen-bond acceptors (Lipinski definition) is 6. The molecule has 0 spiro atoms. The molecule has 0 unspecified atom stereocenters. The first-order valence-corrected chi connectivity index (χ1v) is 11.0. The smallest absolute Gasteiger partial charge is 0.265 e. The van der Waals surface area contributed by atoms with Crippen LogP contribution in [-0.4, -0.2) is 26.0 Å². The number of nitrogens with zero attached hydrogens (tertiary/aromatic N) is 5. The highest BCUT2D eigenvalue weighted by molar-refractivity contribution is 6.04. The van der Waals surface area contributed by atoms with E-state index in [0.29, 0.717) is 12.6 Å². The van der Waals surface area contributed by atoms with Gasteiger partial charge in [0.25, 0.3) is 5.95 Å². The van der Waals surface area contributed by atoms with Crippen LogP contribution in [-0.2, 0) is 13.2 Å². The van der Waals surface area contributed by atoms with E-state index < -0.39 is 0 Å². The quantitative estimate of drug-likeness (QED) is 0.260. The molecule has 0 bridgehead atoms. The van der Waals surface area contributed by atoms with Gasteiger partial charge in [0.05, 0.1) is 11.7 Å². The number of fused-ring (bicyclic) bond motifs is 3. The largest absolute Gasteiger partial charge is 0.489 e. The molecule has 0 aliphatic carbocycles. The minimum Gasteiger partial charge on any atom is -0.489 e. The highest BCUT2D eigenvalue weighted by Crippen LogP contribution is 2.26. The van der Waals surface area contributed by atoms with E-state index in [4.69, 9.17) is 4.74 Å². The summed E-state index contributed by atoms with van der Waals surface area (Å²) in [6, 6.07) is 26.0. The van der Waals surface area contributed by atoms with Gasteiger partial charge in [0.2, 0.25) is 0 Å². The molecule has 0 aliphatic rings. The molecular weight excluding hydrogens is 412 g/mol. The molecular formula is C26H24N6O. The Labute approximate surface area is 191 Å². The van der Waals surface area contributed by atoms with Gasteiger partial charge in [-0.1, -0.05) is 55.5 Å². The van der Waals surface area contributed by atoms with E-state index in [1.807, 2.05) is 66.7 Å². The number of anilines is 1. The molecule has 33 heavy (non-hydrogen) atoms. The lowest BCUT2D eigenvalue weighted by Gasteiger charge is -2.06. The molecule has 0 fully saturated rings. The minimum atomic E-state index is 0.363. The zero-order valence-electron chi connectivity index (χ0n) is 18.3. The Kier molecular flexibility index (Phi) is 5.93. The number of benzene rings is 3. The first-order chi connectivity index (χ1) is 16.3. The maximum absolute atomic E-state index is 5.83. The van der Waals surface area contributed by atoms with Crippen LogP contribution in [0.25, 0.3) is 22.1 Å². The normalized spacial score (nSPS) is 11.4. The van der Waals surface area contributed by atoms with Gasteiger partial charge in [-0.05, 0) is 47.9 Å². The SMILES string of the molecule is CCCn1c2ccccc2c2nnc(N/N=C/c3ccc(OCc4ccccc4)cc3)nc21. The Hall–Kier alpha value is -4.26. The Morgan fingerprint density at radius 1 is 0.939 bits per heavy atom. The van der Waals surface area contributed by atoms with Gasteiger partial charge in [0.15, 0.2) is 5.65 Å². The van der Waals surface area contributed by atoms with E-state index in [1.165, 1.54) is 0 Å². The van der Waals surface area contributed by atoms with Crippen LogP contribution in [0.4, 0.5) is 5.95 Å². The fraction of sp³-hybridized carbons (Fsp3) is 0.154. The Morgan fingerprint density at radius 2 is 1.73 bits per heavy atom. The monoisotopic (exact) mass is 436 g/mol. The summed E-state index contributed by atoms with van der Waals surface area (Å²) in [5.74, 6) is 1.17. The number of aryl methyl sites for hydroxylation is 1. The zero-order chi connectivity index (χ0) is 22.5. The molecule has 1 N–H and O–H groups in total. The van der Waals surface area contributed by atoms with Crippen molar-refractivity contribution in [3.8, 4) is 5.75 Å². The first-order valence-electron chi connectivity index (χ1n) is 11.0. The molecule has 164 valence electrons. The second-order valence-corrected chi connectivity index (χ2v) is 7.69. The average Bonchev–Trinajstić information content (AvgIpc) is 3.17. The second-order valence-electron chi connectivity index (χ2n) is 7.69. The molecule has 3 aromatic carbocycles. The van der Waals surface area contributed by atoms with Gasteiger partial charge in [-0.2, -0.15) is 10.1 Å². The summed E-state index contributed by atoms with van der Waals surface area (Å²) in [5.41, 5.74) is 7.70. The van der Waals surface area contributed by atoms with E-state index in [1.54, 1.807) is 6.21 Å². The fourth-order valence-corrected chi connectivity index (χ4v) is 3.76. The summed E-state index contributed by atoms with van der Waals surface area (Å²) in [4.78, 5) is 4.67. The maximum atomic E-state index is 5.83. The van der Waals surface area contributed by atoms with Crippen molar-refractivity contribution >= 4 is 34.2 Å². The van der Waals surface area contributed by atoms with Crippen LogP contribution in [0, 0.1) is 0 Å². The molecule has 0 radical (unpaired) electrons. The number of para-hydroxylation sites is 1. The van der Waals surface area contributed by atoms with Crippen LogP contribution in [0.5, 0.6) is 5.75 Å². The topological polar surface area (TPSA) is 77.2 Å². The van der Waals surface area contributed by atoms with Crippen molar-refractivity contribution in [1.82, 2.24) is 19.7 Å². The van der Waals surface area contributed by atoms with Crippen LogP contribution in [0.15, 0.2) is 84.0 Å². The van der Waals surface area contributed by atoms with Gasteiger partial charge in [0, 0.05) is 11.9 Å². The van der Waals surface area contributed by atoms with E-state index in [0.717, 1.165) is 51.9 Å². The summed E-state index contributed by atoms with van der Waals surface area (Å²) in [7, 11) is 0. The average molecular weight is 437 g/mol. The van der Waals surface area contributed by atoms with Gasteiger partial charge in [-0.15, -0.1) is 10.2 Å². The molecule has 0 saturated heterocycles. The summed E-state index contributed by atoms with van der Waals surface area (Å²) in [6.07, 6.45) is 2.72. The van der Waals surface area contributed by atoms with Crippen molar-refractivity contribution < 1.29 is 4.74 Å². The number of hydrogen-bond donors (Lipinski definition) is 1. The van der Waals surface area contributed by atoms with Crippen molar-refractivity contribution in [3.05, 3.63) is 90.0 Å². The summed E-state index contributed by atoms with van der Waals surface area (Å²) in [5, 5.41) is 14.0. The third-order valence-corrected chi connectivity index (χ3v) is 5.33. The molecule has 5 rings (SSSR count). The third-order valence-electron chi connectivity index (χ3n) is 5.33. The lowest BCUT2D eigenvalue weighted by molar-refractivity contribution is 0.306. The molecule has 0 saturated carbocycles. The number of ether oxygens (including phenoxy) is 1. The Morgan fingerprint density at radius 3 is 2.55 bits per heavy atom. The molecule has 7 nitrogen and oxygen atoms in total. The van der Waals surface area contributed by atoms with Gasteiger partial charge in [0.1, 0.15) is 17.9 Å². The van der Waals surface area contributed by atoms with Crippen molar-refractivity contribution in [2.24, 2.45) is 5.10 Å². The molecule has 7 heteroatoms. The maximum Gasteiger partial charge on any atom is 0.265 e. The van der Waals surface area contributed by atoms with E-state index in [9.17, 15) is 0 Å². The second kappa shape index (κ2) is 9.48. The molecule has 5 aromatic rings. The van der Waals surface area contributed by atoms with Gasteiger partial charge in [-0.3, -0.25) is 0 Å². The van der Waals surface area contributed by atoms with E-state index in [2.05, 4.69) is 49.3 Å². The van der Waals surface area contributed by atoms with Crippen molar-refractivity contribution in [3.63, 3.8) is 0 Å². The lowest BCUT2D eigenvalue weighted by atomic mass is 10.2. The molecule has 0 atom stereocenters. The summed E-state index contributed by atoms with van der Waals surface area (Å²) in [6.45, 7) is 3.55. The standard InChI is InChI=1S/C26H24N6O/c1-2-16-32-23-11-7-6-10-22(23)24-25(32)28-26(31-29-24)30-27-17-19-12-14-21(15-13-19)33-18-20-8-4-3-5-9-20/h3-15,17H,2,16,18H2,1H3,(H,28,30,31)/b27-17+. The Balaban J connectivity index is 1.27. The lowest BCUT2D eigenvalue weighted by Crippen LogP contribution is -2.03. The highest BCUT2D eigenvalue weighted by atomic mass is 16.5. The number of aromatic nitrogens is 4. The number of hydrazone groups is 1. The fourth-order valence-electron chi connectivity index (χ4n) is 3.76. The van der Waals surface area contributed by atoms with E-state index >= 15 is 0 Å². The van der Waals surface area contributed by atoms with E-state index in [-0.39, 0.29) is 0 Å². The highest BCUT2D eigenvalue weighted by Gasteiger charge is 2.13. The Bertz CT molecular complexity index is 1390. The van der Waals surface area contributed by atoms with Crippen molar-refractivity contribution in [1.29, 1.82) is 0 Å². The third kappa shape index (κ3) is 4.52. The number of rotatable bonds is 8. The van der Waals surface area contributed by atoms with Gasteiger partial charge < -0.3 is 9.30 Å². The number of nitrogens with one attached hydrogen (secondary N) is 1. The van der Waals surface area contributed by atoms with Crippen LogP contribution >= 0.6 is 0 Å². The molecule has 2 heterocycles. The predicted molar refractivity (Wildman–Crippen MR) is 132 cm³/mol. The van der Waals surface area contributed by atoms with Crippen LogP contribution in [0.2, 0.25) is 0 Å². The summed E-state index contributed by atoms with van der Waals surface area (Å²) >= 11 is 0. The van der Waals surface area contributed by atoms with Crippen LogP contribution in [0.3, 0.4) is 0 Å². The first kappa shape index (κ1) is 20.6. The molecule has 2 aromatic heterocycles. The summed E-state index contributed by atoms with van der Waals surface area (Å²) < 4.78 is 8.01. The van der Waals surface area contributed by atoms with Gasteiger partial charge in [-0.25, -0.2) is 5.43 Å². The van der Waals surface area contributed by atoms with Crippen LogP contribution < -0.4 is 10.2 Å². The van der Waals surface area contributed by atoms with Crippen LogP contribution in [0.1, 0.15) is 24.5 Å². The minimum absolute atomic E-state index is 0.363. The molecule has 0 aliphatic heterocycles. The zero-order valence-corrected chi connectivity index (χ0v) is 18.3.